The summed E-state index contributed by atoms with van der Waals surface area (Å²) < 4.78 is 11.6. The number of furan rings is 1. The van der Waals surface area contributed by atoms with E-state index in [9.17, 15) is 9.90 Å². The maximum Gasteiger partial charge on any atom is 0.242 e. The van der Waals surface area contributed by atoms with Crippen LogP contribution in [0.1, 0.15) is 34.5 Å². The SMILES string of the molecule is O=C1C2NNC(c3ccccc3O)C2C(c2ccc(OCc3ccccc3)cc2)N1Cc1ccco1. The van der Waals surface area contributed by atoms with E-state index in [2.05, 4.69) is 10.9 Å². The van der Waals surface area contributed by atoms with E-state index in [1.54, 1.807) is 18.4 Å². The second-order valence-corrected chi connectivity index (χ2v) is 9.21. The van der Waals surface area contributed by atoms with E-state index in [4.69, 9.17) is 9.15 Å². The fourth-order valence-corrected chi connectivity index (χ4v) is 5.37. The van der Waals surface area contributed by atoms with Gasteiger partial charge in [0.1, 0.15) is 29.9 Å². The van der Waals surface area contributed by atoms with E-state index in [1.807, 2.05) is 83.8 Å². The molecule has 182 valence electrons. The number of rotatable bonds is 7. The third-order valence-electron chi connectivity index (χ3n) is 7.06. The minimum atomic E-state index is -0.427. The van der Waals surface area contributed by atoms with Gasteiger partial charge in [0.05, 0.1) is 24.9 Å². The number of phenolic OH excluding ortho intramolecular Hbond substituents is 1. The first-order valence-corrected chi connectivity index (χ1v) is 12.1. The fraction of sp³-hybridized carbons (Fsp3) is 0.207. The lowest BCUT2D eigenvalue weighted by Gasteiger charge is -2.31. The summed E-state index contributed by atoms with van der Waals surface area (Å²) in [6.45, 7) is 0.853. The highest BCUT2D eigenvalue weighted by molar-refractivity contribution is 5.86. The van der Waals surface area contributed by atoms with Crippen molar-refractivity contribution in [3.8, 4) is 11.5 Å². The molecule has 2 saturated heterocycles. The minimum absolute atomic E-state index is 0.00350. The Morgan fingerprint density at radius 3 is 2.36 bits per heavy atom. The van der Waals surface area contributed by atoms with E-state index in [1.165, 1.54) is 0 Å². The molecule has 0 saturated carbocycles. The van der Waals surface area contributed by atoms with Crippen LogP contribution in [0, 0.1) is 5.92 Å². The van der Waals surface area contributed by atoms with Crippen molar-refractivity contribution >= 4 is 5.91 Å². The number of aromatic hydroxyl groups is 1. The number of hydrazine groups is 1. The van der Waals surface area contributed by atoms with Gasteiger partial charge < -0.3 is 19.2 Å². The smallest absolute Gasteiger partial charge is 0.242 e. The maximum absolute atomic E-state index is 13.6. The number of hydrogen-bond donors (Lipinski definition) is 3. The number of para-hydroxylation sites is 1. The zero-order valence-corrected chi connectivity index (χ0v) is 19.6. The second-order valence-electron chi connectivity index (χ2n) is 9.21. The summed E-state index contributed by atoms with van der Waals surface area (Å²) in [5.41, 5.74) is 9.33. The number of benzene rings is 3. The first-order chi connectivity index (χ1) is 17.7. The van der Waals surface area contributed by atoms with Gasteiger partial charge in [-0.2, -0.15) is 0 Å². The largest absolute Gasteiger partial charge is 0.508 e. The quantitative estimate of drug-likeness (QED) is 0.361. The molecule has 1 aromatic heterocycles. The number of fused-ring (bicyclic) bond motifs is 1. The molecular weight excluding hydrogens is 454 g/mol. The molecule has 4 unspecified atom stereocenters. The van der Waals surface area contributed by atoms with Crippen molar-refractivity contribution in [3.05, 3.63) is 120 Å². The van der Waals surface area contributed by atoms with Crippen LogP contribution in [0.3, 0.4) is 0 Å². The van der Waals surface area contributed by atoms with Gasteiger partial charge in [0, 0.05) is 11.5 Å². The normalized spacial score (nSPS) is 23.1. The number of phenols is 1. The van der Waals surface area contributed by atoms with Crippen LogP contribution in [0.25, 0.3) is 0 Å². The van der Waals surface area contributed by atoms with Crippen molar-refractivity contribution in [1.82, 2.24) is 15.8 Å². The average Bonchev–Trinajstić information content (AvgIpc) is 3.64. The molecule has 2 aliphatic rings. The molecule has 7 nitrogen and oxygen atoms in total. The molecule has 3 N–H and O–H groups in total. The molecule has 36 heavy (non-hydrogen) atoms. The maximum atomic E-state index is 13.6. The Hall–Kier alpha value is -4.07. The number of likely N-dealkylation sites (tertiary alicyclic amines) is 1. The van der Waals surface area contributed by atoms with Gasteiger partial charge in [0.2, 0.25) is 5.91 Å². The van der Waals surface area contributed by atoms with Crippen LogP contribution in [0.2, 0.25) is 0 Å². The molecule has 2 aliphatic heterocycles. The average molecular weight is 482 g/mol. The van der Waals surface area contributed by atoms with Crippen molar-refractivity contribution in [2.75, 3.05) is 0 Å². The van der Waals surface area contributed by atoms with Crippen molar-refractivity contribution in [2.45, 2.75) is 31.3 Å². The molecule has 3 heterocycles. The number of hydrogen-bond acceptors (Lipinski definition) is 6. The highest BCUT2D eigenvalue weighted by Crippen LogP contribution is 2.49. The van der Waals surface area contributed by atoms with Gasteiger partial charge in [-0.1, -0.05) is 60.7 Å². The monoisotopic (exact) mass is 481 g/mol. The molecular formula is C29H27N3O4. The number of nitrogens with one attached hydrogen (secondary N) is 2. The molecule has 0 bridgehead atoms. The molecule has 3 aromatic carbocycles. The Kier molecular flexibility index (Phi) is 5.93. The summed E-state index contributed by atoms with van der Waals surface area (Å²) in [6, 6.07) is 28.1. The third kappa shape index (κ3) is 4.12. The van der Waals surface area contributed by atoms with E-state index < -0.39 is 6.04 Å². The topological polar surface area (TPSA) is 87.0 Å². The number of ether oxygens (including phenoxy) is 1. The highest BCUT2D eigenvalue weighted by atomic mass is 16.5. The molecule has 1 amide bonds. The van der Waals surface area contributed by atoms with Crippen LogP contribution < -0.4 is 15.6 Å². The highest BCUT2D eigenvalue weighted by Gasteiger charge is 2.55. The Labute approximate surface area is 209 Å². The summed E-state index contributed by atoms with van der Waals surface area (Å²) in [4.78, 5) is 15.4. The molecule has 4 aromatic rings. The predicted octanol–water partition coefficient (Wildman–Crippen LogP) is 4.48. The van der Waals surface area contributed by atoms with Gasteiger partial charge in [0.25, 0.3) is 0 Å². The van der Waals surface area contributed by atoms with Crippen LogP contribution in [-0.4, -0.2) is 22.0 Å². The molecule has 6 rings (SSSR count). The van der Waals surface area contributed by atoms with E-state index in [-0.39, 0.29) is 29.7 Å². The first-order valence-electron chi connectivity index (χ1n) is 12.1. The van der Waals surface area contributed by atoms with Crippen molar-refractivity contribution in [1.29, 1.82) is 0 Å². The second kappa shape index (κ2) is 9.53. The van der Waals surface area contributed by atoms with Gasteiger partial charge >= 0.3 is 0 Å². The summed E-state index contributed by atoms with van der Waals surface area (Å²) in [5, 5.41) is 10.6. The molecule has 0 radical (unpaired) electrons. The van der Waals surface area contributed by atoms with Crippen molar-refractivity contribution in [2.24, 2.45) is 5.92 Å². The summed E-state index contributed by atoms with van der Waals surface area (Å²) in [5.74, 6) is 1.55. The number of carbonyl (C=O) groups excluding carboxylic acids is 1. The molecule has 7 heteroatoms. The predicted molar refractivity (Wildman–Crippen MR) is 134 cm³/mol. The van der Waals surface area contributed by atoms with Crippen LogP contribution in [0.15, 0.2) is 102 Å². The van der Waals surface area contributed by atoms with E-state index in [0.717, 1.165) is 28.2 Å². The number of carbonyl (C=O) groups is 1. The zero-order chi connectivity index (χ0) is 24.5. The Morgan fingerprint density at radius 1 is 0.861 bits per heavy atom. The Morgan fingerprint density at radius 2 is 1.61 bits per heavy atom. The van der Waals surface area contributed by atoms with Crippen molar-refractivity contribution < 1.29 is 19.1 Å². The van der Waals surface area contributed by atoms with E-state index in [0.29, 0.717) is 13.2 Å². The zero-order valence-electron chi connectivity index (χ0n) is 19.6. The van der Waals surface area contributed by atoms with Crippen LogP contribution in [0.5, 0.6) is 11.5 Å². The van der Waals surface area contributed by atoms with Gasteiger partial charge in [0.15, 0.2) is 0 Å². The standard InChI is InChI=1S/C29H27N3O4/c33-24-11-5-4-10-23(24)26-25-27(31-30-26)29(34)32(17-22-9-6-16-35-22)28(25)20-12-14-21(15-13-20)36-18-19-7-2-1-3-8-19/h1-16,25-28,30-31,33H,17-18H2. The molecule has 4 atom stereocenters. The van der Waals surface area contributed by atoms with Crippen LogP contribution in [-0.2, 0) is 17.9 Å². The van der Waals surface area contributed by atoms with Gasteiger partial charge in [-0.3, -0.25) is 4.79 Å². The lowest BCUT2D eigenvalue weighted by atomic mass is 9.83. The van der Waals surface area contributed by atoms with Crippen LogP contribution in [0.4, 0.5) is 0 Å². The van der Waals surface area contributed by atoms with Gasteiger partial charge in [-0.15, -0.1) is 0 Å². The number of nitrogens with zero attached hydrogens (tertiary/aromatic N) is 1. The lowest BCUT2D eigenvalue weighted by Crippen LogP contribution is -2.41. The summed E-state index contributed by atoms with van der Waals surface area (Å²) in [6.07, 6.45) is 1.62. The fourth-order valence-electron chi connectivity index (χ4n) is 5.37. The third-order valence-corrected chi connectivity index (χ3v) is 7.06. The first kappa shape index (κ1) is 22.4. The van der Waals surface area contributed by atoms with Gasteiger partial charge in [-0.05, 0) is 41.5 Å². The van der Waals surface area contributed by atoms with Crippen LogP contribution >= 0.6 is 0 Å². The molecule has 0 aliphatic carbocycles. The Bertz CT molecular complexity index is 1320. The minimum Gasteiger partial charge on any atom is -0.508 e. The van der Waals surface area contributed by atoms with Crippen molar-refractivity contribution in [3.63, 3.8) is 0 Å². The molecule has 0 spiro atoms. The lowest BCUT2D eigenvalue weighted by molar-refractivity contribution is -0.131. The number of amides is 1. The van der Waals surface area contributed by atoms with E-state index >= 15 is 0 Å². The molecule has 2 fully saturated rings. The summed E-state index contributed by atoms with van der Waals surface area (Å²) in [7, 11) is 0. The Balaban J connectivity index is 1.31. The van der Waals surface area contributed by atoms with Gasteiger partial charge in [-0.25, -0.2) is 10.9 Å². The summed E-state index contributed by atoms with van der Waals surface area (Å²) >= 11 is 0.